The molecule has 0 spiro atoms. The SMILES string of the molecule is COc1cc([N+](=O)[O-])c(C(C)(C)c2cnc(SCC(=O)Nc3ccc(-n4ccnc4C)cc3)n2-c2ccc(F)cc2)cc1OC. The zero-order valence-corrected chi connectivity index (χ0v) is 26.1. The molecule has 1 N–H and O–H groups in total. The number of nitrogens with one attached hydrogen (secondary N) is 1. The fourth-order valence-electron chi connectivity index (χ4n) is 5.06. The van der Waals surface area contributed by atoms with Crippen molar-refractivity contribution in [3.05, 3.63) is 112 Å². The first-order valence-corrected chi connectivity index (χ1v) is 14.8. The molecule has 13 heteroatoms. The van der Waals surface area contributed by atoms with Crippen molar-refractivity contribution < 1.29 is 23.6 Å². The van der Waals surface area contributed by atoms with Crippen molar-refractivity contribution in [2.45, 2.75) is 31.3 Å². The number of carbonyl (C=O) groups is 1. The molecule has 0 radical (unpaired) electrons. The van der Waals surface area contributed by atoms with E-state index in [1.165, 1.54) is 44.2 Å². The molecular formula is C32H31FN6O5S. The number of hydrogen-bond donors (Lipinski definition) is 1. The van der Waals surface area contributed by atoms with Crippen molar-refractivity contribution in [1.29, 1.82) is 0 Å². The van der Waals surface area contributed by atoms with Gasteiger partial charge in [0.1, 0.15) is 11.6 Å². The van der Waals surface area contributed by atoms with Gasteiger partial charge in [0.25, 0.3) is 5.69 Å². The van der Waals surface area contributed by atoms with E-state index in [9.17, 15) is 19.3 Å². The predicted molar refractivity (Wildman–Crippen MR) is 170 cm³/mol. The van der Waals surface area contributed by atoms with Crippen molar-refractivity contribution in [2.75, 3.05) is 25.3 Å². The van der Waals surface area contributed by atoms with E-state index in [0.29, 0.717) is 33.5 Å². The Morgan fingerprint density at radius 2 is 1.67 bits per heavy atom. The lowest BCUT2D eigenvalue weighted by molar-refractivity contribution is -0.386. The van der Waals surface area contributed by atoms with Gasteiger partial charge in [-0.25, -0.2) is 14.4 Å². The Morgan fingerprint density at radius 3 is 2.27 bits per heavy atom. The van der Waals surface area contributed by atoms with Gasteiger partial charge in [-0.05, 0) is 75.4 Å². The summed E-state index contributed by atoms with van der Waals surface area (Å²) in [6.07, 6.45) is 5.20. The molecule has 5 rings (SSSR count). The Balaban J connectivity index is 1.45. The quantitative estimate of drug-likeness (QED) is 0.0998. The van der Waals surface area contributed by atoms with Gasteiger partial charge in [0.15, 0.2) is 16.7 Å². The van der Waals surface area contributed by atoms with Gasteiger partial charge in [0.05, 0.1) is 42.9 Å². The van der Waals surface area contributed by atoms with Crippen LogP contribution in [-0.4, -0.2) is 49.9 Å². The number of rotatable bonds is 11. The number of aromatic nitrogens is 4. The first kappa shape index (κ1) is 31.3. The summed E-state index contributed by atoms with van der Waals surface area (Å²) < 4.78 is 28.4. The third-order valence-electron chi connectivity index (χ3n) is 7.41. The number of aryl methyl sites for hydroxylation is 1. The van der Waals surface area contributed by atoms with Crippen LogP contribution in [0.2, 0.25) is 0 Å². The molecule has 0 unspecified atom stereocenters. The lowest BCUT2D eigenvalue weighted by Crippen LogP contribution is -2.24. The number of halogens is 1. The van der Waals surface area contributed by atoms with E-state index in [1.54, 1.807) is 35.2 Å². The Bertz CT molecular complexity index is 1850. The Labute approximate surface area is 263 Å². The molecule has 0 saturated heterocycles. The molecule has 0 aliphatic rings. The summed E-state index contributed by atoms with van der Waals surface area (Å²) in [7, 11) is 2.87. The number of nitro benzene ring substituents is 1. The molecule has 0 saturated carbocycles. The molecule has 5 aromatic rings. The van der Waals surface area contributed by atoms with Gasteiger partial charge in [0.2, 0.25) is 5.91 Å². The van der Waals surface area contributed by atoms with E-state index in [2.05, 4.69) is 15.3 Å². The number of imidazole rings is 2. The Morgan fingerprint density at radius 1 is 1.02 bits per heavy atom. The van der Waals surface area contributed by atoms with Crippen LogP contribution in [0.1, 0.15) is 30.9 Å². The smallest absolute Gasteiger partial charge is 0.277 e. The number of anilines is 1. The second kappa shape index (κ2) is 12.8. The fraction of sp³-hybridized carbons (Fsp3) is 0.219. The molecular weight excluding hydrogens is 599 g/mol. The third-order valence-corrected chi connectivity index (χ3v) is 8.37. The molecule has 0 aliphatic carbocycles. The van der Waals surface area contributed by atoms with Crippen molar-refractivity contribution >= 4 is 29.0 Å². The number of ether oxygens (including phenoxy) is 2. The third kappa shape index (κ3) is 6.38. The summed E-state index contributed by atoms with van der Waals surface area (Å²) in [6, 6.07) is 16.1. The second-order valence-electron chi connectivity index (χ2n) is 10.6. The van der Waals surface area contributed by atoms with Crippen LogP contribution >= 0.6 is 11.8 Å². The van der Waals surface area contributed by atoms with Gasteiger partial charge in [0, 0.05) is 40.4 Å². The molecule has 0 aliphatic heterocycles. The zero-order chi connectivity index (χ0) is 32.3. The second-order valence-corrected chi connectivity index (χ2v) is 11.5. The molecule has 3 aromatic carbocycles. The van der Waals surface area contributed by atoms with Gasteiger partial charge in [-0.3, -0.25) is 19.5 Å². The number of nitrogens with zero attached hydrogens (tertiary/aromatic N) is 5. The number of nitro groups is 1. The highest BCUT2D eigenvalue weighted by Crippen LogP contribution is 2.44. The average molecular weight is 631 g/mol. The summed E-state index contributed by atoms with van der Waals surface area (Å²) in [5.74, 6) is 0.762. The minimum atomic E-state index is -1.00. The van der Waals surface area contributed by atoms with Crippen LogP contribution in [0.25, 0.3) is 11.4 Å². The van der Waals surface area contributed by atoms with Gasteiger partial charge >= 0.3 is 0 Å². The molecule has 2 aromatic heterocycles. The van der Waals surface area contributed by atoms with Crippen LogP contribution in [0.4, 0.5) is 15.8 Å². The predicted octanol–water partition coefficient (Wildman–Crippen LogP) is 6.49. The van der Waals surface area contributed by atoms with E-state index < -0.39 is 16.2 Å². The maximum Gasteiger partial charge on any atom is 0.277 e. The van der Waals surface area contributed by atoms with E-state index >= 15 is 0 Å². The van der Waals surface area contributed by atoms with Crippen LogP contribution < -0.4 is 14.8 Å². The van der Waals surface area contributed by atoms with Crippen molar-refractivity contribution in [2.24, 2.45) is 0 Å². The molecule has 2 heterocycles. The Kier molecular flexibility index (Phi) is 8.91. The number of thioether (sulfide) groups is 1. The van der Waals surface area contributed by atoms with Gasteiger partial charge in [-0.2, -0.15) is 0 Å². The normalized spacial score (nSPS) is 11.3. The summed E-state index contributed by atoms with van der Waals surface area (Å²) in [4.78, 5) is 33.5. The number of benzene rings is 3. The Hall–Kier alpha value is -5.17. The number of hydrogen-bond acceptors (Lipinski definition) is 8. The van der Waals surface area contributed by atoms with E-state index in [0.717, 1.165) is 11.5 Å². The van der Waals surface area contributed by atoms with Crippen LogP contribution in [-0.2, 0) is 10.2 Å². The fourth-order valence-corrected chi connectivity index (χ4v) is 5.85. The van der Waals surface area contributed by atoms with Gasteiger partial charge in [-0.15, -0.1) is 0 Å². The highest BCUT2D eigenvalue weighted by molar-refractivity contribution is 7.99. The molecule has 232 valence electrons. The first-order valence-electron chi connectivity index (χ1n) is 13.8. The van der Waals surface area contributed by atoms with Gasteiger partial charge in [-0.1, -0.05) is 11.8 Å². The highest BCUT2D eigenvalue weighted by atomic mass is 32.2. The van der Waals surface area contributed by atoms with Crippen molar-refractivity contribution in [3.8, 4) is 22.9 Å². The average Bonchev–Trinajstić information content (AvgIpc) is 3.66. The maximum atomic E-state index is 13.9. The standard InChI is InChI=1S/C32H31FN6O5S/c1-20-34-14-15-37(20)23-12-8-22(9-13-23)36-30(40)19-45-31-35-18-29(38(31)24-10-6-21(33)7-11-24)32(2,3)25-16-27(43-4)28(44-5)17-26(25)39(41)42/h6-18H,19H2,1-5H3,(H,36,40). The molecule has 0 atom stereocenters. The number of amides is 1. The molecule has 1 amide bonds. The van der Waals surface area contributed by atoms with Crippen LogP contribution in [0.5, 0.6) is 11.5 Å². The van der Waals surface area contributed by atoms with E-state index in [4.69, 9.17) is 9.47 Å². The van der Waals surface area contributed by atoms with Crippen molar-refractivity contribution in [3.63, 3.8) is 0 Å². The van der Waals surface area contributed by atoms with E-state index in [-0.39, 0.29) is 23.1 Å². The summed E-state index contributed by atoms with van der Waals surface area (Å²) >= 11 is 1.19. The van der Waals surface area contributed by atoms with E-state index in [1.807, 2.05) is 55.8 Å². The molecule has 45 heavy (non-hydrogen) atoms. The lowest BCUT2D eigenvalue weighted by atomic mass is 9.80. The zero-order valence-electron chi connectivity index (χ0n) is 25.3. The first-order chi connectivity index (χ1) is 21.5. The summed E-state index contributed by atoms with van der Waals surface area (Å²) in [5, 5.41) is 15.5. The largest absolute Gasteiger partial charge is 0.493 e. The highest BCUT2D eigenvalue weighted by Gasteiger charge is 2.36. The molecule has 0 fully saturated rings. The minimum Gasteiger partial charge on any atom is -0.493 e. The minimum absolute atomic E-state index is 0.0248. The van der Waals surface area contributed by atoms with Crippen LogP contribution in [0, 0.1) is 22.9 Å². The van der Waals surface area contributed by atoms with Crippen LogP contribution in [0.15, 0.2) is 84.4 Å². The maximum absolute atomic E-state index is 13.9. The summed E-state index contributed by atoms with van der Waals surface area (Å²) in [6.45, 7) is 5.56. The monoisotopic (exact) mass is 630 g/mol. The lowest BCUT2D eigenvalue weighted by Gasteiger charge is -2.28. The number of carbonyl (C=O) groups excluding carboxylic acids is 1. The van der Waals surface area contributed by atoms with Crippen LogP contribution in [0.3, 0.4) is 0 Å². The number of methoxy groups -OCH3 is 2. The van der Waals surface area contributed by atoms with Crippen molar-refractivity contribution in [1.82, 2.24) is 19.1 Å². The van der Waals surface area contributed by atoms with Gasteiger partial charge < -0.3 is 19.4 Å². The molecule has 0 bridgehead atoms. The molecule has 11 nitrogen and oxygen atoms in total. The summed E-state index contributed by atoms with van der Waals surface area (Å²) in [5.41, 5.74) is 1.91. The topological polar surface area (TPSA) is 126 Å².